The van der Waals surface area contributed by atoms with Crippen LogP contribution < -0.4 is 0 Å². The Hall–Kier alpha value is -1.03. The van der Waals surface area contributed by atoms with Crippen LogP contribution in [0.5, 0.6) is 0 Å². The molecule has 0 saturated heterocycles. The number of carboxylic acid groups (broad SMARTS) is 1. The zero-order valence-corrected chi connectivity index (χ0v) is 6.19. The molecular formula is C7H10O4. The maximum atomic E-state index is 9.94. The minimum absolute atomic E-state index is 0.0670. The maximum absolute atomic E-state index is 9.94. The molecule has 2 unspecified atom stereocenters. The first-order valence-electron chi connectivity index (χ1n) is 3.38. The average Bonchev–Trinajstić information content (AvgIpc) is 2.31. The van der Waals surface area contributed by atoms with E-state index in [4.69, 9.17) is 9.84 Å². The molecule has 1 N–H and O–H groups in total. The van der Waals surface area contributed by atoms with Crippen molar-refractivity contribution < 1.29 is 19.4 Å². The quantitative estimate of drug-likeness (QED) is 0.481. The normalized spacial score (nSPS) is 28.8. The summed E-state index contributed by atoms with van der Waals surface area (Å²) < 4.78 is 9.53. The highest BCUT2D eigenvalue weighted by molar-refractivity contribution is 5.56. The highest BCUT2D eigenvalue weighted by atomic mass is 16.7. The third kappa shape index (κ3) is 2.59. The van der Waals surface area contributed by atoms with Crippen molar-refractivity contribution in [2.75, 3.05) is 6.61 Å². The van der Waals surface area contributed by atoms with Crippen molar-refractivity contribution in [2.45, 2.75) is 19.1 Å². The number of rotatable bonds is 2. The molecule has 4 nitrogen and oxygen atoms in total. The second-order valence-electron chi connectivity index (χ2n) is 2.34. The Balaban J connectivity index is 2.19. The molecule has 1 aliphatic rings. The van der Waals surface area contributed by atoms with Crippen LogP contribution in [-0.4, -0.2) is 30.1 Å². The van der Waals surface area contributed by atoms with Gasteiger partial charge in [0.2, 0.25) is 0 Å². The zero-order valence-electron chi connectivity index (χ0n) is 6.19. The van der Waals surface area contributed by atoms with E-state index in [9.17, 15) is 4.79 Å². The third-order valence-corrected chi connectivity index (χ3v) is 1.36. The van der Waals surface area contributed by atoms with E-state index in [1.807, 2.05) is 13.0 Å². The van der Waals surface area contributed by atoms with Crippen LogP contribution >= 0.6 is 0 Å². The van der Waals surface area contributed by atoms with Crippen LogP contribution in [0.1, 0.15) is 6.92 Å². The number of carbonyl (C=O) groups is 1. The second-order valence-corrected chi connectivity index (χ2v) is 2.34. The largest absolute Gasteiger partial charge is 0.505 e. The Kier molecular flexibility index (Phi) is 2.48. The molecule has 0 bridgehead atoms. The van der Waals surface area contributed by atoms with E-state index in [-0.39, 0.29) is 18.8 Å². The highest BCUT2D eigenvalue weighted by Gasteiger charge is 2.16. The Morgan fingerprint density at radius 2 is 2.45 bits per heavy atom. The van der Waals surface area contributed by atoms with Gasteiger partial charge in [0.05, 0.1) is 6.10 Å². The lowest BCUT2D eigenvalue weighted by Gasteiger charge is -2.09. The van der Waals surface area contributed by atoms with E-state index in [0.717, 1.165) is 0 Å². The van der Waals surface area contributed by atoms with E-state index < -0.39 is 6.16 Å². The summed E-state index contributed by atoms with van der Waals surface area (Å²) in [6, 6.07) is 0. The van der Waals surface area contributed by atoms with Crippen molar-refractivity contribution in [1.82, 2.24) is 0 Å². The molecule has 0 saturated carbocycles. The van der Waals surface area contributed by atoms with Crippen LogP contribution in [0.25, 0.3) is 0 Å². The minimum atomic E-state index is -1.26. The maximum Gasteiger partial charge on any atom is 0.505 e. The molecular weight excluding hydrogens is 148 g/mol. The van der Waals surface area contributed by atoms with Gasteiger partial charge in [0, 0.05) is 0 Å². The fourth-order valence-corrected chi connectivity index (χ4v) is 0.895. The molecule has 0 aliphatic carbocycles. The summed E-state index contributed by atoms with van der Waals surface area (Å²) >= 11 is 0. The molecule has 4 heteroatoms. The van der Waals surface area contributed by atoms with Crippen LogP contribution in [-0.2, 0) is 9.47 Å². The fraction of sp³-hybridized carbons (Fsp3) is 0.571. The first kappa shape index (κ1) is 8.07. The van der Waals surface area contributed by atoms with Gasteiger partial charge < -0.3 is 14.6 Å². The van der Waals surface area contributed by atoms with Crippen molar-refractivity contribution in [3.63, 3.8) is 0 Å². The number of hydrogen-bond acceptors (Lipinski definition) is 3. The van der Waals surface area contributed by atoms with Gasteiger partial charge in [0.15, 0.2) is 0 Å². The van der Waals surface area contributed by atoms with E-state index in [0.29, 0.717) is 0 Å². The van der Waals surface area contributed by atoms with Gasteiger partial charge in [-0.1, -0.05) is 12.2 Å². The molecule has 0 fully saturated rings. The van der Waals surface area contributed by atoms with Crippen molar-refractivity contribution in [1.29, 1.82) is 0 Å². The molecule has 1 heterocycles. The van der Waals surface area contributed by atoms with Gasteiger partial charge in [-0.15, -0.1) is 0 Å². The van der Waals surface area contributed by atoms with Gasteiger partial charge >= 0.3 is 6.16 Å². The van der Waals surface area contributed by atoms with E-state index in [1.54, 1.807) is 6.08 Å². The minimum Gasteiger partial charge on any atom is -0.450 e. The second kappa shape index (κ2) is 3.39. The van der Waals surface area contributed by atoms with Crippen LogP contribution in [0, 0.1) is 0 Å². The first-order chi connectivity index (χ1) is 5.18. The van der Waals surface area contributed by atoms with E-state index in [2.05, 4.69) is 4.74 Å². The predicted octanol–water partition coefficient (Wildman–Crippen LogP) is 1.02. The van der Waals surface area contributed by atoms with E-state index in [1.165, 1.54) is 0 Å². The molecule has 0 radical (unpaired) electrons. The highest BCUT2D eigenvalue weighted by Crippen LogP contribution is 2.10. The molecule has 62 valence electrons. The summed E-state index contributed by atoms with van der Waals surface area (Å²) in [7, 11) is 0. The summed E-state index contributed by atoms with van der Waals surface area (Å²) in [6.07, 6.45) is 2.27. The molecule has 0 amide bonds. The first-order valence-corrected chi connectivity index (χ1v) is 3.38. The Morgan fingerprint density at radius 3 is 2.91 bits per heavy atom. The fourth-order valence-electron chi connectivity index (χ4n) is 0.895. The van der Waals surface area contributed by atoms with Gasteiger partial charge in [0.25, 0.3) is 0 Å². The molecule has 0 aromatic rings. The molecule has 1 rings (SSSR count). The number of ether oxygens (including phenoxy) is 2. The smallest absolute Gasteiger partial charge is 0.450 e. The van der Waals surface area contributed by atoms with Gasteiger partial charge in [0.1, 0.15) is 12.7 Å². The van der Waals surface area contributed by atoms with Crippen LogP contribution in [0.15, 0.2) is 12.2 Å². The Bertz CT molecular complexity index is 175. The number of hydrogen-bond donors (Lipinski definition) is 1. The summed E-state index contributed by atoms with van der Waals surface area (Å²) in [4.78, 5) is 9.94. The molecule has 0 aromatic heterocycles. The average molecular weight is 158 g/mol. The molecule has 11 heavy (non-hydrogen) atoms. The van der Waals surface area contributed by atoms with Gasteiger partial charge in [-0.25, -0.2) is 4.79 Å². The lowest BCUT2D eigenvalue weighted by atomic mass is 10.3. The lowest BCUT2D eigenvalue weighted by Crippen LogP contribution is -2.18. The molecule has 0 aromatic carbocycles. The Labute approximate surface area is 64.4 Å². The SMILES string of the molecule is CC1C=CC(COC(=O)O)O1. The van der Waals surface area contributed by atoms with Crippen LogP contribution in [0.3, 0.4) is 0 Å². The van der Waals surface area contributed by atoms with Crippen molar-refractivity contribution in [3.8, 4) is 0 Å². The van der Waals surface area contributed by atoms with Gasteiger partial charge in [-0.05, 0) is 6.92 Å². The zero-order chi connectivity index (χ0) is 8.27. The third-order valence-electron chi connectivity index (χ3n) is 1.36. The summed E-state index contributed by atoms with van der Waals surface area (Å²) in [5.74, 6) is 0. The van der Waals surface area contributed by atoms with Crippen molar-refractivity contribution in [3.05, 3.63) is 12.2 Å². The van der Waals surface area contributed by atoms with E-state index >= 15 is 0 Å². The standard InChI is InChI=1S/C7H10O4/c1-5-2-3-6(11-5)4-10-7(8)9/h2-3,5-6H,4H2,1H3,(H,8,9). The van der Waals surface area contributed by atoms with Gasteiger partial charge in [-0.3, -0.25) is 0 Å². The molecule has 1 aliphatic heterocycles. The topological polar surface area (TPSA) is 55.8 Å². The van der Waals surface area contributed by atoms with Crippen LogP contribution in [0.2, 0.25) is 0 Å². The molecule has 0 spiro atoms. The van der Waals surface area contributed by atoms with Crippen molar-refractivity contribution >= 4 is 6.16 Å². The Morgan fingerprint density at radius 1 is 1.73 bits per heavy atom. The predicted molar refractivity (Wildman–Crippen MR) is 37.5 cm³/mol. The van der Waals surface area contributed by atoms with Crippen LogP contribution in [0.4, 0.5) is 4.79 Å². The summed E-state index contributed by atoms with van der Waals surface area (Å²) in [6.45, 7) is 1.97. The monoisotopic (exact) mass is 158 g/mol. The van der Waals surface area contributed by atoms with Crippen molar-refractivity contribution in [2.24, 2.45) is 0 Å². The summed E-state index contributed by atoms with van der Waals surface area (Å²) in [5, 5.41) is 8.14. The molecule has 2 atom stereocenters. The summed E-state index contributed by atoms with van der Waals surface area (Å²) in [5.41, 5.74) is 0. The van der Waals surface area contributed by atoms with Gasteiger partial charge in [-0.2, -0.15) is 0 Å². The lowest BCUT2D eigenvalue weighted by molar-refractivity contribution is 0.0101.